The lowest BCUT2D eigenvalue weighted by atomic mass is 10.2. The van der Waals surface area contributed by atoms with Gasteiger partial charge in [0.2, 0.25) is 0 Å². The predicted molar refractivity (Wildman–Crippen MR) is 62.9 cm³/mol. The number of nitrogen functional groups attached to an aromatic ring is 1. The van der Waals surface area contributed by atoms with Crippen LogP contribution in [0.4, 0.5) is 5.13 Å². The molecule has 6 heteroatoms. The van der Waals surface area contributed by atoms with Gasteiger partial charge in [0.25, 0.3) is 0 Å². The van der Waals surface area contributed by atoms with Crippen molar-refractivity contribution in [3.63, 3.8) is 0 Å². The highest BCUT2D eigenvalue weighted by atomic mass is 32.1. The van der Waals surface area contributed by atoms with Gasteiger partial charge in [0, 0.05) is 23.2 Å². The highest BCUT2D eigenvalue weighted by Crippen LogP contribution is 2.29. The molecule has 2 rings (SSSR count). The third-order valence-corrected chi connectivity index (χ3v) is 2.59. The molecule has 5 nitrogen and oxygen atoms in total. The zero-order chi connectivity index (χ0) is 11.5. The van der Waals surface area contributed by atoms with Crippen molar-refractivity contribution in [3.8, 4) is 22.9 Å². The fourth-order valence-corrected chi connectivity index (χ4v) is 1.74. The Kier molecular flexibility index (Phi) is 2.91. The first kappa shape index (κ1) is 10.7. The largest absolute Gasteiger partial charge is 0.497 e. The minimum absolute atomic E-state index is 0.441. The number of anilines is 1. The van der Waals surface area contributed by atoms with E-state index in [1.807, 2.05) is 12.1 Å². The Hall–Kier alpha value is -1.82. The van der Waals surface area contributed by atoms with Crippen LogP contribution >= 0.6 is 11.5 Å². The van der Waals surface area contributed by atoms with Crippen LogP contribution in [0, 0.1) is 0 Å². The Morgan fingerprint density at radius 2 is 1.75 bits per heavy atom. The molecular weight excluding hydrogens is 226 g/mol. The average Bonchev–Trinajstić information content (AvgIpc) is 2.75. The molecule has 0 fully saturated rings. The normalized spacial score (nSPS) is 10.1. The van der Waals surface area contributed by atoms with Gasteiger partial charge in [0.05, 0.1) is 14.2 Å². The number of hydrogen-bond acceptors (Lipinski definition) is 6. The Morgan fingerprint density at radius 1 is 1.12 bits per heavy atom. The number of methoxy groups -OCH3 is 2. The van der Waals surface area contributed by atoms with E-state index in [1.54, 1.807) is 20.3 Å². The number of nitrogens with two attached hydrogens (primary N) is 1. The fraction of sp³-hybridized carbons (Fsp3) is 0.200. The molecule has 1 heterocycles. The van der Waals surface area contributed by atoms with Crippen molar-refractivity contribution in [1.29, 1.82) is 0 Å². The predicted octanol–water partition coefficient (Wildman–Crippen LogP) is 1.80. The van der Waals surface area contributed by atoms with Crippen molar-refractivity contribution in [2.75, 3.05) is 20.0 Å². The molecule has 0 radical (unpaired) electrons. The second kappa shape index (κ2) is 4.36. The van der Waals surface area contributed by atoms with Crippen LogP contribution in [-0.4, -0.2) is 23.6 Å². The van der Waals surface area contributed by atoms with Crippen molar-refractivity contribution >= 4 is 16.7 Å². The lowest BCUT2D eigenvalue weighted by molar-refractivity contribution is 0.394. The van der Waals surface area contributed by atoms with Crippen LogP contribution in [0.25, 0.3) is 11.4 Å². The molecule has 2 aromatic rings. The molecule has 2 N–H and O–H groups in total. The molecule has 0 aliphatic heterocycles. The number of aromatic nitrogens is 2. The highest BCUT2D eigenvalue weighted by molar-refractivity contribution is 7.09. The fourth-order valence-electron chi connectivity index (χ4n) is 1.29. The topological polar surface area (TPSA) is 70.3 Å². The molecule has 0 spiro atoms. The van der Waals surface area contributed by atoms with Crippen LogP contribution in [0.15, 0.2) is 18.2 Å². The summed E-state index contributed by atoms with van der Waals surface area (Å²) in [6, 6.07) is 5.47. The smallest absolute Gasteiger partial charge is 0.200 e. The summed E-state index contributed by atoms with van der Waals surface area (Å²) < 4.78 is 14.5. The summed E-state index contributed by atoms with van der Waals surface area (Å²) in [6.45, 7) is 0. The van der Waals surface area contributed by atoms with E-state index >= 15 is 0 Å². The van der Waals surface area contributed by atoms with Gasteiger partial charge in [0.1, 0.15) is 11.5 Å². The van der Waals surface area contributed by atoms with E-state index in [4.69, 9.17) is 15.2 Å². The van der Waals surface area contributed by atoms with Gasteiger partial charge in [-0.25, -0.2) is 0 Å². The van der Waals surface area contributed by atoms with E-state index in [9.17, 15) is 0 Å². The molecule has 1 aromatic carbocycles. The standard InChI is InChI=1S/C10H11N3O2S/c1-14-7-3-6(4-8(5-7)15-2)9-12-10(11)16-13-9/h3-5H,1-2H3,(H2,11,12,13). The van der Waals surface area contributed by atoms with E-state index in [2.05, 4.69) is 9.36 Å². The van der Waals surface area contributed by atoms with Gasteiger partial charge < -0.3 is 15.2 Å². The van der Waals surface area contributed by atoms with Crippen LogP contribution in [0.2, 0.25) is 0 Å². The molecule has 0 aliphatic carbocycles. The molecule has 1 aromatic heterocycles. The van der Waals surface area contributed by atoms with Gasteiger partial charge >= 0.3 is 0 Å². The van der Waals surface area contributed by atoms with Crippen molar-refractivity contribution in [2.45, 2.75) is 0 Å². The number of hydrogen-bond donors (Lipinski definition) is 1. The maximum atomic E-state index is 5.54. The van der Waals surface area contributed by atoms with Crippen molar-refractivity contribution in [3.05, 3.63) is 18.2 Å². The minimum Gasteiger partial charge on any atom is -0.497 e. The summed E-state index contributed by atoms with van der Waals surface area (Å²) in [7, 11) is 3.20. The van der Waals surface area contributed by atoms with Crippen molar-refractivity contribution in [2.24, 2.45) is 0 Å². The van der Waals surface area contributed by atoms with Crippen LogP contribution < -0.4 is 15.2 Å². The molecule has 0 unspecified atom stereocenters. The summed E-state index contributed by atoms with van der Waals surface area (Å²) in [5, 5.41) is 0.441. The molecule has 84 valence electrons. The lowest BCUT2D eigenvalue weighted by Gasteiger charge is -2.05. The summed E-state index contributed by atoms with van der Waals surface area (Å²) in [5.41, 5.74) is 6.36. The molecular formula is C10H11N3O2S. The number of benzene rings is 1. The van der Waals surface area contributed by atoms with E-state index in [0.717, 1.165) is 17.1 Å². The maximum Gasteiger partial charge on any atom is 0.200 e. The zero-order valence-corrected chi connectivity index (χ0v) is 9.75. The Labute approximate surface area is 97.0 Å². The lowest BCUT2D eigenvalue weighted by Crippen LogP contribution is -1.90. The second-order valence-corrected chi connectivity index (χ2v) is 3.84. The number of rotatable bonds is 3. The van der Waals surface area contributed by atoms with Crippen LogP contribution in [-0.2, 0) is 0 Å². The SMILES string of the molecule is COc1cc(OC)cc(-c2nsc(N)n2)c1. The number of ether oxygens (including phenoxy) is 2. The van der Waals surface area contributed by atoms with Gasteiger partial charge in [-0.05, 0) is 12.1 Å². The summed E-state index contributed by atoms with van der Waals surface area (Å²) in [5.74, 6) is 1.98. The number of nitrogens with zero attached hydrogens (tertiary/aromatic N) is 2. The maximum absolute atomic E-state index is 5.54. The third kappa shape index (κ3) is 2.06. The van der Waals surface area contributed by atoms with E-state index in [1.165, 1.54) is 0 Å². The highest BCUT2D eigenvalue weighted by Gasteiger charge is 2.08. The molecule has 0 bridgehead atoms. The minimum atomic E-state index is 0.441. The van der Waals surface area contributed by atoms with Crippen molar-refractivity contribution in [1.82, 2.24) is 9.36 Å². The van der Waals surface area contributed by atoms with E-state index < -0.39 is 0 Å². The van der Waals surface area contributed by atoms with Gasteiger partial charge in [-0.1, -0.05) is 0 Å². The van der Waals surface area contributed by atoms with Crippen molar-refractivity contribution < 1.29 is 9.47 Å². The molecule has 0 aliphatic rings. The van der Waals surface area contributed by atoms with Gasteiger partial charge in [0.15, 0.2) is 11.0 Å². The summed E-state index contributed by atoms with van der Waals surface area (Å²) >= 11 is 1.16. The summed E-state index contributed by atoms with van der Waals surface area (Å²) in [6.07, 6.45) is 0. The van der Waals surface area contributed by atoms with E-state index in [0.29, 0.717) is 22.5 Å². The Bertz CT molecular complexity index is 476. The van der Waals surface area contributed by atoms with Gasteiger partial charge in [-0.3, -0.25) is 0 Å². The first-order chi connectivity index (χ1) is 7.72. The van der Waals surface area contributed by atoms with Gasteiger partial charge in [-0.15, -0.1) is 0 Å². The van der Waals surface area contributed by atoms with Gasteiger partial charge in [-0.2, -0.15) is 9.36 Å². The first-order valence-corrected chi connectivity index (χ1v) is 5.33. The second-order valence-electron chi connectivity index (χ2n) is 3.06. The molecule has 0 saturated heterocycles. The summed E-state index contributed by atoms with van der Waals surface area (Å²) in [4.78, 5) is 4.11. The van der Waals surface area contributed by atoms with E-state index in [-0.39, 0.29) is 0 Å². The van der Waals surface area contributed by atoms with Crippen LogP contribution in [0.5, 0.6) is 11.5 Å². The van der Waals surface area contributed by atoms with Crippen LogP contribution in [0.1, 0.15) is 0 Å². The molecule has 0 amide bonds. The third-order valence-electron chi connectivity index (χ3n) is 2.05. The monoisotopic (exact) mass is 237 g/mol. The molecule has 16 heavy (non-hydrogen) atoms. The zero-order valence-electron chi connectivity index (χ0n) is 8.93. The Morgan fingerprint density at radius 3 is 2.19 bits per heavy atom. The Balaban J connectivity index is 2.47. The van der Waals surface area contributed by atoms with Crippen LogP contribution in [0.3, 0.4) is 0 Å². The first-order valence-electron chi connectivity index (χ1n) is 4.55. The quantitative estimate of drug-likeness (QED) is 0.881. The molecule has 0 atom stereocenters. The molecule has 0 saturated carbocycles. The average molecular weight is 237 g/mol.